The van der Waals surface area contributed by atoms with Crippen LogP contribution in [0.4, 0.5) is 9.52 Å². The zero-order valence-electron chi connectivity index (χ0n) is 13.1. The molecule has 0 N–H and O–H groups in total. The molecule has 1 aromatic carbocycles. The summed E-state index contributed by atoms with van der Waals surface area (Å²) in [5, 5.41) is 0.976. The highest BCUT2D eigenvalue weighted by Gasteiger charge is 2.22. The number of thiazole rings is 1. The molecule has 1 aliphatic rings. The van der Waals surface area contributed by atoms with Gasteiger partial charge < -0.3 is 9.64 Å². The van der Waals surface area contributed by atoms with Crippen molar-refractivity contribution in [2.45, 2.75) is 12.8 Å². The molecule has 3 heterocycles. The molecule has 1 aliphatic heterocycles. The minimum absolute atomic E-state index is 0.211. The van der Waals surface area contributed by atoms with Crippen LogP contribution in [0.25, 0.3) is 10.2 Å². The third-order valence-corrected chi connectivity index (χ3v) is 5.31. The van der Waals surface area contributed by atoms with Crippen molar-refractivity contribution < 1.29 is 9.13 Å². The number of hydrogen-bond acceptors (Lipinski definition) is 6. The number of nitrogens with zero attached hydrogens (tertiary/aromatic N) is 4. The molecule has 24 heavy (non-hydrogen) atoms. The third-order valence-electron chi connectivity index (χ3n) is 4.23. The number of halogens is 1. The second kappa shape index (κ2) is 6.68. The van der Waals surface area contributed by atoms with E-state index < -0.39 is 0 Å². The molecule has 2 aromatic heterocycles. The van der Waals surface area contributed by atoms with E-state index in [-0.39, 0.29) is 5.82 Å². The molecule has 3 aromatic rings. The molecule has 0 amide bonds. The van der Waals surface area contributed by atoms with E-state index >= 15 is 0 Å². The molecule has 0 aliphatic carbocycles. The number of hydrogen-bond donors (Lipinski definition) is 0. The maximum absolute atomic E-state index is 13.3. The maximum atomic E-state index is 13.3. The first-order valence-electron chi connectivity index (χ1n) is 7.98. The fourth-order valence-corrected chi connectivity index (χ4v) is 3.92. The van der Waals surface area contributed by atoms with Gasteiger partial charge in [0.2, 0.25) is 5.88 Å². The largest absolute Gasteiger partial charge is 0.476 e. The van der Waals surface area contributed by atoms with Gasteiger partial charge in [-0.15, -0.1) is 0 Å². The number of rotatable bonds is 4. The van der Waals surface area contributed by atoms with Gasteiger partial charge in [0.15, 0.2) is 5.13 Å². The lowest BCUT2D eigenvalue weighted by Crippen LogP contribution is -2.35. The molecule has 0 unspecified atom stereocenters. The molecule has 1 saturated heterocycles. The van der Waals surface area contributed by atoms with Gasteiger partial charge in [0.05, 0.1) is 23.0 Å². The van der Waals surface area contributed by atoms with Crippen molar-refractivity contribution in [3.8, 4) is 5.88 Å². The van der Waals surface area contributed by atoms with E-state index in [4.69, 9.17) is 4.74 Å². The monoisotopic (exact) mass is 344 g/mol. The van der Waals surface area contributed by atoms with E-state index in [1.54, 1.807) is 42.1 Å². The van der Waals surface area contributed by atoms with Gasteiger partial charge >= 0.3 is 0 Å². The Morgan fingerprint density at radius 3 is 2.92 bits per heavy atom. The van der Waals surface area contributed by atoms with Gasteiger partial charge in [-0.25, -0.2) is 14.4 Å². The Hall–Kier alpha value is -2.28. The molecule has 124 valence electrons. The predicted octanol–water partition coefficient (Wildman–Crippen LogP) is 3.52. The quantitative estimate of drug-likeness (QED) is 0.725. The number of benzene rings is 1. The Bertz CT molecular complexity index is 818. The average molecular weight is 344 g/mol. The first-order chi connectivity index (χ1) is 11.8. The second-order valence-corrected chi connectivity index (χ2v) is 6.90. The van der Waals surface area contributed by atoms with Gasteiger partial charge in [-0.3, -0.25) is 4.98 Å². The molecule has 0 bridgehead atoms. The fraction of sp³-hybridized carbons (Fsp3) is 0.353. The van der Waals surface area contributed by atoms with Crippen molar-refractivity contribution in [2.75, 3.05) is 24.6 Å². The SMILES string of the molecule is Fc1ccc2nc(N3CCC(COc4cnccn4)CC3)sc2c1. The normalized spacial score (nSPS) is 15.8. The Morgan fingerprint density at radius 2 is 2.12 bits per heavy atom. The van der Waals surface area contributed by atoms with E-state index in [0.29, 0.717) is 18.4 Å². The molecule has 1 fully saturated rings. The Labute approximate surface area is 143 Å². The predicted molar refractivity (Wildman–Crippen MR) is 92.0 cm³/mol. The van der Waals surface area contributed by atoms with E-state index in [2.05, 4.69) is 19.9 Å². The summed E-state index contributed by atoms with van der Waals surface area (Å²) < 4.78 is 19.9. The van der Waals surface area contributed by atoms with Crippen LogP contribution in [-0.2, 0) is 0 Å². The number of fused-ring (bicyclic) bond motifs is 1. The lowest BCUT2D eigenvalue weighted by Gasteiger charge is -2.31. The van der Waals surface area contributed by atoms with Crippen LogP contribution in [0.2, 0.25) is 0 Å². The van der Waals surface area contributed by atoms with E-state index in [1.807, 2.05) is 0 Å². The molecule has 4 rings (SSSR count). The number of aromatic nitrogens is 3. The number of piperidine rings is 1. The molecule has 0 radical (unpaired) electrons. The first-order valence-corrected chi connectivity index (χ1v) is 8.79. The highest BCUT2D eigenvalue weighted by atomic mass is 32.1. The van der Waals surface area contributed by atoms with Gasteiger partial charge in [0.25, 0.3) is 0 Å². The Balaban J connectivity index is 1.35. The summed E-state index contributed by atoms with van der Waals surface area (Å²) >= 11 is 1.55. The van der Waals surface area contributed by atoms with Crippen molar-refractivity contribution in [3.05, 3.63) is 42.6 Å². The zero-order chi connectivity index (χ0) is 16.4. The third kappa shape index (κ3) is 3.31. The fourth-order valence-electron chi connectivity index (χ4n) is 2.88. The molecule has 0 spiro atoms. The zero-order valence-corrected chi connectivity index (χ0v) is 13.9. The van der Waals surface area contributed by atoms with Crippen molar-refractivity contribution in [2.24, 2.45) is 5.92 Å². The molecule has 7 heteroatoms. The lowest BCUT2D eigenvalue weighted by molar-refractivity contribution is 0.215. The smallest absolute Gasteiger partial charge is 0.232 e. The number of anilines is 1. The van der Waals surface area contributed by atoms with Crippen LogP contribution in [0, 0.1) is 11.7 Å². The average Bonchev–Trinajstić information content (AvgIpc) is 3.04. The Morgan fingerprint density at radius 1 is 1.25 bits per heavy atom. The molecule has 0 atom stereocenters. The highest BCUT2D eigenvalue weighted by Crippen LogP contribution is 2.32. The van der Waals surface area contributed by atoms with Crippen molar-refractivity contribution in [3.63, 3.8) is 0 Å². The van der Waals surface area contributed by atoms with Gasteiger partial charge in [0, 0.05) is 25.5 Å². The van der Waals surface area contributed by atoms with Crippen LogP contribution in [0.15, 0.2) is 36.8 Å². The highest BCUT2D eigenvalue weighted by molar-refractivity contribution is 7.22. The number of ether oxygens (including phenoxy) is 1. The summed E-state index contributed by atoms with van der Waals surface area (Å²) in [4.78, 5) is 15.0. The maximum Gasteiger partial charge on any atom is 0.232 e. The van der Waals surface area contributed by atoms with Gasteiger partial charge in [-0.2, -0.15) is 0 Å². The van der Waals surface area contributed by atoms with Crippen molar-refractivity contribution in [1.82, 2.24) is 15.0 Å². The molecular weight excluding hydrogens is 327 g/mol. The van der Waals surface area contributed by atoms with Crippen LogP contribution in [0.5, 0.6) is 5.88 Å². The minimum Gasteiger partial charge on any atom is -0.476 e. The molecule has 0 saturated carbocycles. The van der Waals surface area contributed by atoms with Crippen LogP contribution in [0.1, 0.15) is 12.8 Å². The van der Waals surface area contributed by atoms with Crippen LogP contribution >= 0.6 is 11.3 Å². The summed E-state index contributed by atoms with van der Waals surface area (Å²) in [6, 6.07) is 4.76. The van der Waals surface area contributed by atoms with Gasteiger partial charge in [-0.1, -0.05) is 11.3 Å². The second-order valence-electron chi connectivity index (χ2n) is 5.89. The summed E-state index contributed by atoms with van der Waals surface area (Å²) in [6.07, 6.45) is 6.99. The summed E-state index contributed by atoms with van der Waals surface area (Å²) in [5.41, 5.74) is 0.865. The van der Waals surface area contributed by atoms with Crippen LogP contribution in [0.3, 0.4) is 0 Å². The van der Waals surface area contributed by atoms with Crippen molar-refractivity contribution in [1.29, 1.82) is 0 Å². The van der Waals surface area contributed by atoms with E-state index in [0.717, 1.165) is 41.3 Å². The van der Waals surface area contributed by atoms with Gasteiger partial charge in [0.1, 0.15) is 5.82 Å². The summed E-state index contributed by atoms with van der Waals surface area (Å²) in [7, 11) is 0. The van der Waals surface area contributed by atoms with Gasteiger partial charge in [-0.05, 0) is 37.0 Å². The summed E-state index contributed by atoms with van der Waals surface area (Å²) in [5.74, 6) is 0.876. The van der Waals surface area contributed by atoms with Crippen LogP contribution in [-0.4, -0.2) is 34.6 Å². The standard InChI is InChI=1S/C17H17FN4OS/c18-13-1-2-14-15(9-13)24-17(21-14)22-7-3-12(4-8-22)11-23-16-10-19-5-6-20-16/h1-2,5-6,9-10,12H,3-4,7-8,11H2. The lowest BCUT2D eigenvalue weighted by atomic mass is 9.98. The minimum atomic E-state index is -0.211. The molecular formula is C17H17FN4OS. The van der Waals surface area contributed by atoms with Crippen LogP contribution < -0.4 is 9.64 Å². The van der Waals surface area contributed by atoms with Crippen molar-refractivity contribution >= 4 is 26.7 Å². The Kier molecular flexibility index (Phi) is 4.25. The first kappa shape index (κ1) is 15.3. The molecule has 5 nitrogen and oxygen atoms in total. The van der Waals surface area contributed by atoms with E-state index in [1.165, 1.54) is 6.07 Å². The summed E-state index contributed by atoms with van der Waals surface area (Å²) in [6.45, 7) is 2.55. The van der Waals surface area contributed by atoms with E-state index in [9.17, 15) is 4.39 Å². The topological polar surface area (TPSA) is 51.1 Å².